The third-order valence-electron chi connectivity index (χ3n) is 1.86. The lowest BCUT2D eigenvalue weighted by atomic mass is 9.83. The zero-order valence-corrected chi connectivity index (χ0v) is 8.78. The first-order chi connectivity index (χ1) is 5.03. The summed E-state index contributed by atoms with van der Waals surface area (Å²) in [6.07, 6.45) is 1.96. The number of hydrogen-bond acceptors (Lipinski definition) is 2. The molecule has 1 fully saturated rings. The van der Waals surface area contributed by atoms with Crippen molar-refractivity contribution in [3.05, 3.63) is 0 Å². The standard InChI is InChI=1S/C6H12BrNO2S/c1-5-2-6(3-5)8-11(9,10)4-7/h5-6,8H,2-4H2,1H3. The molecule has 0 amide bonds. The number of alkyl halides is 1. The first-order valence-electron chi connectivity index (χ1n) is 3.59. The molecule has 0 unspecified atom stereocenters. The fourth-order valence-electron chi connectivity index (χ4n) is 1.28. The predicted molar refractivity (Wildman–Crippen MR) is 48.0 cm³/mol. The van der Waals surface area contributed by atoms with Crippen LogP contribution in [0, 0.1) is 5.92 Å². The van der Waals surface area contributed by atoms with Crippen LogP contribution < -0.4 is 4.72 Å². The van der Waals surface area contributed by atoms with Crippen molar-refractivity contribution in [2.24, 2.45) is 5.92 Å². The summed E-state index contributed by atoms with van der Waals surface area (Å²) in [5, 5.41) is 0. The van der Waals surface area contributed by atoms with Crippen LogP contribution in [0.15, 0.2) is 0 Å². The molecule has 0 saturated heterocycles. The van der Waals surface area contributed by atoms with Gasteiger partial charge in [-0.15, -0.1) is 0 Å². The summed E-state index contributed by atoms with van der Waals surface area (Å²) in [6, 6.07) is 0.188. The van der Waals surface area contributed by atoms with E-state index in [4.69, 9.17) is 0 Å². The van der Waals surface area contributed by atoms with Crippen LogP contribution in [0.2, 0.25) is 0 Å². The zero-order chi connectivity index (χ0) is 8.48. The van der Waals surface area contributed by atoms with E-state index in [2.05, 4.69) is 27.6 Å². The Morgan fingerprint density at radius 3 is 2.45 bits per heavy atom. The molecule has 0 spiro atoms. The maximum atomic E-state index is 11.0. The highest BCUT2D eigenvalue weighted by atomic mass is 79.9. The van der Waals surface area contributed by atoms with Crippen LogP contribution in [-0.4, -0.2) is 19.1 Å². The molecule has 3 nitrogen and oxygen atoms in total. The molecule has 1 rings (SSSR count). The largest absolute Gasteiger partial charge is 0.221 e. The lowest BCUT2D eigenvalue weighted by Gasteiger charge is -2.32. The summed E-state index contributed by atoms with van der Waals surface area (Å²) in [6.45, 7) is 2.12. The number of sulfonamides is 1. The van der Waals surface area contributed by atoms with E-state index in [0.717, 1.165) is 12.8 Å². The quantitative estimate of drug-likeness (QED) is 0.752. The lowest BCUT2D eigenvalue weighted by Crippen LogP contribution is -2.43. The molecule has 0 atom stereocenters. The summed E-state index contributed by atoms with van der Waals surface area (Å²) in [7, 11) is -3.04. The van der Waals surface area contributed by atoms with E-state index in [-0.39, 0.29) is 10.7 Å². The van der Waals surface area contributed by atoms with E-state index in [9.17, 15) is 8.42 Å². The Morgan fingerprint density at radius 2 is 2.09 bits per heavy atom. The van der Waals surface area contributed by atoms with Gasteiger partial charge in [0.25, 0.3) is 0 Å². The first kappa shape index (κ1) is 9.48. The molecule has 0 radical (unpaired) electrons. The summed E-state index contributed by atoms with van der Waals surface area (Å²) >= 11 is 2.92. The van der Waals surface area contributed by atoms with Gasteiger partial charge in [-0.2, -0.15) is 0 Å². The summed E-state index contributed by atoms with van der Waals surface area (Å²) in [5.74, 6) is 0.679. The zero-order valence-electron chi connectivity index (χ0n) is 6.38. The second kappa shape index (κ2) is 3.41. The second-order valence-electron chi connectivity index (χ2n) is 3.12. The topological polar surface area (TPSA) is 46.2 Å². The molecule has 11 heavy (non-hydrogen) atoms. The van der Waals surface area contributed by atoms with Gasteiger partial charge in [0.05, 0.1) is 0 Å². The van der Waals surface area contributed by atoms with Crippen molar-refractivity contribution in [2.45, 2.75) is 25.8 Å². The monoisotopic (exact) mass is 241 g/mol. The van der Waals surface area contributed by atoms with E-state index >= 15 is 0 Å². The molecule has 0 bridgehead atoms. The molecule has 1 aliphatic carbocycles. The molecular formula is C6H12BrNO2S. The predicted octanol–water partition coefficient (Wildman–Crippen LogP) is 1.06. The average Bonchev–Trinajstić information content (AvgIpc) is 1.84. The van der Waals surface area contributed by atoms with Gasteiger partial charge < -0.3 is 0 Å². The van der Waals surface area contributed by atoms with E-state index in [1.807, 2.05) is 0 Å². The molecule has 5 heteroatoms. The minimum Gasteiger partial charge on any atom is -0.212 e. The minimum atomic E-state index is -3.04. The van der Waals surface area contributed by atoms with Gasteiger partial charge in [-0.25, -0.2) is 13.1 Å². The summed E-state index contributed by atoms with van der Waals surface area (Å²) in [4.78, 5) is 0. The van der Waals surface area contributed by atoms with Crippen molar-refractivity contribution < 1.29 is 8.42 Å². The Hall–Kier alpha value is 0.390. The maximum Gasteiger partial charge on any atom is 0.221 e. The highest BCUT2D eigenvalue weighted by Gasteiger charge is 2.28. The second-order valence-corrected chi connectivity index (χ2v) is 6.17. The molecule has 1 N–H and O–H groups in total. The Kier molecular flexibility index (Phi) is 2.94. The van der Waals surface area contributed by atoms with Gasteiger partial charge in [-0.3, -0.25) is 0 Å². The van der Waals surface area contributed by atoms with Gasteiger partial charge in [0, 0.05) is 6.04 Å². The third-order valence-corrected chi connectivity index (χ3v) is 4.65. The van der Waals surface area contributed by atoms with Crippen molar-refractivity contribution >= 4 is 26.0 Å². The number of hydrogen-bond donors (Lipinski definition) is 1. The van der Waals surface area contributed by atoms with Crippen molar-refractivity contribution in [1.29, 1.82) is 0 Å². The molecule has 0 aromatic heterocycles. The van der Waals surface area contributed by atoms with E-state index in [1.165, 1.54) is 0 Å². The van der Waals surface area contributed by atoms with Gasteiger partial charge in [0.15, 0.2) is 0 Å². The van der Waals surface area contributed by atoms with Crippen LogP contribution in [0.4, 0.5) is 0 Å². The van der Waals surface area contributed by atoms with Crippen molar-refractivity contribution in [3.8, 4) is 0 Å². The Balaban J connectivity index is 2.33. The lowest BCUT2D eigenvalue weighted by molar-refractivity contribution is 0.270. The molecular weight excluding hydrogens is 230 g/mol. The van der Waals surface area contributed by atoms with E-state index in [0.29, 0.717) is 5.92 Å². The Morgan fingerprint density at radius 1 is 1.55 bits per heavy atom. The fraction of sp³-hybridized carbons (Fsp3) is 1.00. The Bertz CT molecular complexity index is 221. The van der Waals surface area contributed by atoms with Crippen LogP contribution in [-0.2, 0) is 10.0 Å². The summed E-state index contributed by atoms with van der Waals surface area (Å²) < 4.78 is 24.5. The highest BCUT2D eigenvalue weighted by Crippen LogP contribution is 2.26. The number of nitrogens with one attached hydrogen (secondary N) is 1. The minimum absolute atomic E-state index is 0.00484. The van der Waals surface area contributed by atoms with Crippen LogP contribution in [0.3, 0.4) is 0 Å². The number of halogens is 1. The van der Waals surface area contributed by atoms with Crippen molar-refractivity contribution in [2.75, 3.05) is 4.66 Å². The van der Waals surface area contributed by atoms with Crippen molar-refractivity contribution in [3.63, 3.8) is 0 Å². The molecule has 66 valence electrons. The Labute approximate surface area is 75.7 Å². The molecule has 0 heterocycles. The molecule has 1 saturated carbocycles. The first-order valence-corrected chi connectivity index (χ1v) is 6.37. The molecule has 0 aromatic rings. The van der Waals surface area contributed by atoms with Gasteiger partial charge in [0.2, 0.25) is 10.0 Å². The summed E-state index contributed by atoms with van der Waals surface area (Å²) in [5.41, 5.74) is 0. The molecule has 1 aliphatic rings. The fourth-order valence-corrected chi connectivity index (χ4v) is 2.44. The molecule has 0 aromatic carbocycles. The van der Waals surface area contributed by atoms with E-state index < -0.39 is 10.0 Å². The van der Waals surface area contributed by atoms with Crippen LogP contribution in [0.1, 0.15) is 19.8 Å². The molecule has 0 aliphatic heterocycles. The van der Waals surface area contributed by atoms with E-state index in [1.54, 1.807) is 0 Å². The average molecular weight is 242 g/mol. The number of rotatable bonds is 3. The van der Waals surface area contributed by atoms with Gasteiger partial charge in [-0.05, 0) is 18.8 Å². The van der Waals surface area contributed by atoms with Gasteiger partial charge >= 0.3 is 0 Å². The van der Waals surface area contributed by atoms with Crippen LogP contribution >= 0.6 is 15.9 Å². The maximum absolute atomic E-state index is 11.0. The van der Waals surface area contributed by atoms with Crippen LogP contribution in [0.5, 0.6) is 0 Å². The van der Waals surface area contributed by atoms with Gasteiger partial charge in [-0.1, -0.05) is 22.9 Å². The van der Waals surface area contributed by atoms with Crippen molar-refractivity contribution in [1.82, 2.24) is 4.72 Å². The third kappa shape index (κ3) is 2.72. The normalized spacial score (nSPS) is 31.5. The highest BCUT2D eigenvalue weighted by molar-refractivity contribution is 9.10. The smallest absolute Gasteiger partial charge is 0.212 e. The van der Waals surface area contributed by atoms with Crippen LogP contribution in [0.25, 0.3) is 0 Å². The van der Waals surface area contributed by atoms with Gasteiger partial charge in [0.1, 0.15) is 4.66 Å². The SMILES string of the molecule is CC1CC(NS(=O)(=O)CBr)C1.